The molecule has 0 aromatic rings. The first-order valence-electron chi connectivity index (χ1n) is 10.1. The number of amides is 1. The van der Waals surface area contributed by atoms with E-state index >= 15 is 0 Å². The van der Waals surface area contributed by atoms with Crippen LogP contribution in [0.1, 0.15) is 110 Å². The largest absolute Gasteiger partial charge is 1.00 e. The summed E-state index contributed by atoms with van der Waals surface area (Å²) >= 11 is 0. The Labute approximate surface area is 192 Å². The Morgan fingerprint density at radius 3 is 1.22 bits per heavy atom. The normalized spacial score (nSPS) is 9.33. The van der Waals surface area contributed by atoms with Gasteiger partial charge in [-0.1, -0.05) is 101 Å². The van der Waals surface area contributed by atoms with Crippen molar-refractivity contribution < 1.29 is 56.9 Å². The monoisotopic (exact) mass is 390 g/mol. The number of unbranched alkanes of at least 4 members (excludes halogenated alkanes) is 14. The fraction of sp³-hybridized carbons (Fsp3) is 0.947. The Hall–Kier alpha value is 0.685. The molecule has 0 atom stereocenters. The molecule has 0 heterocycles. The molecule has 0 aromatic heterocycles. The fourth-order valence-corrected chi connectivity index (χ4v) is 2.78. The van der Waals surface area contributed by atoms with Gasteiger partial charge in [0.15, 0.2) is 0 Å². The van der Waals surface area contributed by atoms with Gasteiger partial charge in [-0.2, -0.15) is 0 Å². The number of nitrogens with one attached hydrogen (secondary N) is 1. The molecule has 0 aromatic carbocycles. The van der Waals surface area contributed by atoms with Crippen molar-refractivity contribution in [1.82, 2.24) is 5.32 Å². The zero-order valence-corrected chi connectivity index (χ0v) is 19.3. The number of rotatable bonds is 16. The van der Waals surface area contributed by atoms with Gasteiger partial charge in [-0.05, 0) is 6.42 Å². The summed E-state index contributed by atoms with van der Waals surface area (Å²) in [4.78, 5) is 28.0. The third-order valence-electron chi connectivity index (χ3n) is 4.29. The van der Waals surface area contributed by atoms with E-state index in [1.807, 2.05) is 0 Å². The minimum absolute atomic E-state index is 0. The summed E-state index contributed by atoms with van der Waals surface area (Å²) < 4.78 is 8.48. The van der Waals surface area contributed by atoms with Crippen molar-refractivity contribution in [2.75, 3.05) is 7.05 Å². The van der Waals surface area contributed by atoms with Crippen LogP contribution in [0.5, 0.6) is 0 Å². The van der Waals surface area contributed by atoms with E-state index in [0.29, 0.717) is 6.42 Å². The summed E-state index contributed by atoms with van der Waals surface area (Å²) in [6.07, 6.45) is 21.3. The molecule has 8 heteroatoms. The Bertz CT molecular complexity index is 307. The summed E-state index contributed by atoms with van der Waals surface area (Å²) in [5.74, 6) is 0.185. The standard InChI is InChI=1S/C19H39NO.2Li.HO3P/c1-3-4-5-6-7-8-9-10-11-12-13-14-15-16-17-18-19(21)20-2;;;1-4(2)3/h3-18H2,1-2H3,(H,20,21);;;(H,1,2,3)/q;2*+1;/p-1. The zero-order chi connectivity index (χ0) is 19.2. The van der Waals surface area contributed by atoms with Crippen LogP contribution >= 0.6 is 8.25 Å². The molecule has 0 radical (unpaired) electrons. The van der Waals surface area contributed by atoms with Gasteiger partial charge in [0.1, 0.15) is 0 Å². The number of carbonyl (C=O) groups excluding carboxylic acids is 1. The van der Waals surface area contributed by atoms with Crippen molar-refractivity contribution in [2.45, 2.75) is 110 Å². The van der Waals surface area contributed by atoms with E-state index in [-0.39, 0.29) is 43.6 Å². The first-order chi connectivity index (χ1) is 12.0. The Morgan fingerprint density at radius 2 is 0.963 bits per heavy atom. The quantitative estimate of drug-likeness (QED) is 0.195. The molecular formula is C19H39Li2NO4P+. The van der Waals surface area contributed by atoms with Crippen LogP contribution in [0.25, 0.3) is 0 Å². The summed E-state index contributed by atoms with van der Waals surface area (Å²) in [6.45, 7) is 2.28. The van der Waals surface area contributed by atoms with Gasteiger partial charge in [0.05, 0.1) is 0 Å². The second-order valence-electron chi connectivity index (χ2n) is 6.60. The Balaban J connectivity index is -0.000000398. The predicted molar refractivity (Wildman–Crippen MR) is 101 cm³/mol. The van der Waals surface area contributed by atoms with Gasteiger partial charge in [0.2, 0.25) is 5.91 Å². The molecule has 0 spiro atoms. The molecule has 27 heavy (non-hydrogen) atoms. The summed E-state index contributed by atoms with van der Waals surface area (Å²) in [6, 6.07) is 0. The van der Waals surface area contributed by atoms with Crippen LogP contribution < -0.4 is 52.8 Å². The van der Waals surface area contributed by atoms with Gasteiger partial charge in [0, 0.05) is 13.5 Å². The molecule has 0 saturated heterocycles. The van der Waals surface area contributed by atoms with Gasteiger partial charge in [-0.15, -0.1) is 0 Å². The number of hydrogen-bond acceptors (Lipinski definition) is 4. The fourth-order valence-electron chi connectivity index (χ4n) is 2.78. The molecule has 0 unspecified atom stereocenters. The maximum Gasteiger partial charge on any atom is 1.00 e. The van der Waals surface area contributed by atoms with Crippen molar-refractivity contribution in [3.63, 3.8) is 0 Å². The van der Waals surface area contributed by atoms with E-state index in [0.717, 1.165) is 6.42 Å². The van der Waals surface area contributed by atoms with Gasteiger partial charge in [0.25, 0.3) is 8.25 Å². The molecule has 150 valence electrons. The van der Waals surface area contributed by atoms with E-state index in [1.165, 1.54) is 89.9 Å². The predicted octanol–water partition coefficient (Wildman–Crippen LogP) is -1.63. The molecule has 0 aliphatic heterocycles. The van der Waals surface area contributed by atoms with Gasteiger partial charge in [-0.25, -0.2) is 0 Å². The summed E-state index contributed by atoms with van der Waals surface area (Å²) in [5, 5.41) is 2.68. The second kappa shape index (κ2) is 31.4. The second-order valence-corrected chi connectivity index (χ2v) is 7.04. The van der Waals surface area contributed by atoms with Crippen molar-refractivity contribution >= 4 is 14.2 Å². The maximum absolute atomic E-state index is 11.0. The van der Waals surface area contributed by atoms with Crippen LogP contribution in [-0.2, 0) is 9.36 Å². The van der Waals surface area contributed by atoms with Gasteiger partial charge < -0.3 is 15.1 Å². The van der Waals surface area contributed by atoms with Gasteiger partial charge in [-0.3, -0.25) is 4.79 Å². The van der Waals surface area contributed by atoms with Crippen molar-refractivity contribution in [2.24, 2.45) is 0 Å². The summed E-state index contributed by atoms with van der Waals surface area (Å²) in [7, 11) is -1.65. The number of hydrogen-bond donors (Lipinski definition) is 1. The third-order valence-corrected chi connectivity index (χ3v) is 4.29. The van der Waals surface area contributed by atoms with Crippen LogP contribution in [-0.4, -0.2) is 13.0 Å². The SMILES string of the molecule is CCCCCCCCCCCCCCCCCC(=O)NC.O=[P+]([O-])[O-].[Li+].[Li+]. The van der Waals surface area contributed by atoms with Crippen molar-refractivity contribution in [1.29, 1.82) is 0 Å². The Morgan fingerprint density at radius 1 is 0.704 bits per heavy atom. The van der Waals surface area contributed by atoms with E-state index in [4.69, 9.17) is 14.4 Å². The van der Waals surface area contributed by atoms with Gasteiger partial charge >= 0.3 is 37.7 Å². The molecule has 0 saturated carbocycles. The topological polar surface area (TPSA) is 92.3 Å². The van der Waals surface area contributed by atoms with E-state index in [9.17, 15) is 4.79 Å². The molecule has 0 bridgehead atoms. The first kappa shape index (κ1) is 35.1. The molecule has 1 amide bonds. The van der Waals surface area contributed by atoms with E-state index in [1.54, 1.807) is 7.05 Å². The van der Waals surface area contributed by atoms with Crippen LogP contribution in [0, 0.1) is 0 Å². The van der Waals surface area contributed by atoms with E-state index < -0.39 is 8.25 Å². The Kier molecular flexibility index (Phi) is 40.8. The molecule has 5 nitrogen and oxygen atoms in total. The molecule has 0 aliphatic carbocycles. The maximum atomic E-state index is 11.0. The van der Waals surface area contributed by atoms with Crippen molar-refractivity contribution in [3.05, 3.63) is 0 Å². The smallest absolute Gasteiger partial charge is 0.598 e. The summed E-state index contributed by atoms with van der Waals surface area (Å²) in [5.41, 5.74) is 0. The average molecular weight is 390 g/mol. The molecular weight excluding hydrogens is 351 g/mol. The minimum Gasteiger partial charge on any atom is -0.598 e. The molecule has 0 aliphatic rings. The first-order valence-corrected chi connectivity index (χ1v) is 11.2. The molecule has 1 N–H and O–H groups in total. The van der Waals surface area contributed by atoms with Crippen molar-refractivity contribution in [3.8, 4) is 0 Å². The molecule has 0 rings (SSSR count). The number of carbonyl (C=O) groups is 1. The van der Waals surface area contributed by atoms with Crippen LogP contribution in [0.15, 0.2) is 0 Å². The minimum atomic E-state index is -3.37. The third kappa shape index (κ3) is 42.0. The zero-order valence-electron chi connectivity index (χ0n) is 18.4. The van der Waals surface area contributed by atoms with Crippen LogP contribution in [0.2, 0.25) is 0 Å². The molecule has 0 fully saturated rings. The van der Waals surface area contributed by atoms with Crippen LogP contribution in [0.4, 0.5) is 0 Å². The van der Waals surface area contributed by atoms with Crippen LogP contribution in [0.3, 0.4) is 0 Å². The van der Waals surface area contributed by atoms with E-state index in [2.05, 4.69) is 12.2 Å². The average Bonchev–Trinajstić information content (AvgIpc) is 2.57.